The number of aromatic carboxylic acids is 1. The summed E-state index contributed by atoms with van der Waals surface area (Å²) in [4.78, 5) is 11.6. The second-order valence-electron chi connectivity index (χ2n) is 2.60. The number of benzene rings is 1. The quantitative estimate of drug-likeness (QED) is 0.813. The average molecular weight is 203 g/mol. The van der Waals surface area contributed by atoms with Gasteiger partial charge in [0, 0.05) is 11.6 Å². The lowest BCUT2D eigenvalue weighted by molar-refractivity contribution is 0.0698. The molecular weight excluding hydrogens is 198 g/mol. The smallest absolute Gasteiger partial charge is 0.336 e. The number of rotatable bonds is 2. The fourth-order valence-corrected chi connectivity index (χ4v) is 1.70. The molecule has 4 heteroatoms. The van der Waals surface area contributed by atoms with Crippen molar-refractivity contribution in [2.24, 2.45) is 0 Å². The monoisotopic (exact) mass is 203 g/mol. The SMILES string of the molecule is O=C(O)c1ccccc1-c1[c][c]ns1. The Morgan fingerprint density at radius 3 is 2.86 bits per heavy atom. The molecule has 0 spiro atoms. The van der Waals surface area contributed by atoms with Crippen LogP contribution in [0.3, 0.4) is 0 Å². The van der Waals surface area contributed by atoms with Gasteiger partial charge in [0.05, 0.1) is 10.4 Å². The van der Waals surface area contributed by atoms with E-state index in [0.29, 0.717) is 10.4 Å². The van der Waals surface area contributed by atoms with E-state index in [1.54, 1.807) is 24.3 Å². The summed E-state index contributed by atoms with van der Waals surface area (Å²) in [5, 5.41) is 8.92. The Kier molecular flexibility index (Phi) is 2.28. The molecule has 1 heterocycles. The summed E-state index contributed by atoms with van der Waals surface area (Å²) in [5.41, 5.74) is 0.903. The van der Waals surface area contributed by atoms with Crippen LogP contribution in [-0.4, -0.2) is 15.4 Å². The van der Waals surface area contributed by atoms with Crippen LogP contribution >= 0.6 is 11.5 Å². The van der Waals surface area contributed by atoms with Gasteiger partial charge in [0.25, 0.3) is 0 Å². The Morgan fingerprint density at radius 1 is 1.43 bits per heavy atom. The third-order valence-electron chi connectivity index (χ3n) is 1.75. The van der Waals surface area contributed by atoms with Crippen molar-refractivity contribution in [3.8, 4) is 10.4 Å². The number of carbonyl (C=O) groups is 1. The van der Waals surface area contributed by atoms with Gasteiger partial charge in [0.2, 0.25) is 0 Å². The first-order valence-electron chi connectivity index (χ1n) is 3.87. The molecule has 0 saturated heterocycles. The molecule has 2 rings (SSSR count). The molecule has 68 valence electrons. The van der Waals surface area contributed by atoms with E-state index in [-0.39, 0.29) is 5.56 Å². The van der Waals surface area contributed by atoms with Gasteiger partial charge in [-0.25, -0.2) is 4.79 Å². The average Bonchev–Trinajstić information content (AvgIpc) is 2.70. The molecule has 0 atom stereocenters. The van der Waals surface area contributed by atoms with E-state index >= 15 is 0 Å². The maximum absolute atomic E-state index is 10.9. The number of aromatic nitrogens is 1. The zero-order valence-corrected chi connectivity index (χ0v) is 7.84. The van der Waals surface area contributed by atoms with Crippen molar-refractivity contribution >= 4 is 17.5 Å². The Morgan fingerprint density at radius 2 is 2.21 bits per heavy atom. The summed E-state index contributed by atoms with van der Waals surface area (Å²) in [6, 6.07) is 9.55. The van der Waals surface area contributed by atoms with Crippen LogP contribution in [0.25, 0.3) is 10.4 Å². The van der Waals surface area contributed by atoms with Crippen LogP contribution in [0.2, 0.25) is 0 Å². The Hall–Kier alpha value is -1.68. The van der Waals surface area contributed by atoms with Gasteiger partial charge < -0.3 is 5.11 Å². The first-order chi connectivity index (χ1) is 6.79. The maximum atomic E-state index is 10.9. The number of hydrogen-bond acceptors (Lipinski definition) is 3. The molecule has 0 fully saturated rings. The van der Waals surface area contributed by atoms with E-state index in [9.17, 15) is 4.79 Å². The zero-order chi connectivity index (χ0) is 9.97. The van der Waals surface area contributed by atoms with Gasteiger partial charge in [-0.2, -0.15) is 4.37 Å². The van der Waals surface area contributed by atoms with Crippen LogP contribution in [0.4, 0.5) is 0 Å². The van der Waals surface area contributed by atoms with Crippen LogP contribution in [0.1, 0.15) is 10.4 Å². The lowest BCUT2D eigenvalue weighted by Gasteiger charge is -2.00. The lowest BCUT2D eigenvalue weighted by atomic mass is 10.1. The highest BCUT2D eigenvalue weighted by molar-refractivity contribution is 7.09. The zero-order valence-electron chi connectivity index (χ0n) is 7.02. The molecular formula is C10H5NO2S. The summed E-state index contributed by atoms with van der Waals surface area (Å²) < 4.78 is 3.77. The van der Waals surface area contributed by atoms with Crippen LogP contribution in [0.5, 0.6) is 0 Å². The summed E-state index contributed by atoms with van der Waals surface area (Å²) in [5.74, 6) is -0.942. The number of nitrogens with zero attached hydrogens (tertiary/aromatic N) is 1. The van der Waals surface area contributed by atoms with Crippen molar-refractivity contribution in [2.45, 2.75) is 0 Å². The van der Waals surface area contributed by atoms with Crippen molar-refractivity contribution in [1.29, 1.82) is 0 Å². The summed E-state index contributed by atoms with van der Waals surface area (Å²) in [6.07, 6.45) is 2.54. The van der Waals surface area contributed by atoms with E-state index in [2.05, 4.69) is 16.6 Å². The molecule has 14 heavy (non-hydrogen) atoms. The molecule has 0 saturated carbocycles. The van der Waals surface area contributed by atoms with Crippen molar-refractivity contribution in [3.63, 3.8) is 0 Å². The molecule has 0 aliphatic rings. The summed E-state index contributed by atoms with van der Waals surface area (Å²) in [7, 11) is 0. The minimum atomic E-state index is -0.942. The van der Waals surface area contributed by atoms with Gasteiger partial charge in [-0.1, -0.05) is 18.2 Å². The van der Waals surface area contributed by atoms with Gasteiger partial charge in [-0.05, 0) is 17.6 Å². The molecule has 2 aromatic rings. The molecule has 0 amide bonds. The summed E-state index contributed by atoms with van der Waals surface area (Å²) in [6.45, 7) is 0. The van der Waals surface area contributed by atoms with E-state index < -0.39 is 5.97 Å². The van der Waals surface area contributed by atoms with Crippen molar-refractivity contribution < 1.29 is 9.90 Å². The van der Waals surface area contributed by atoms with Crippen molar-refractivity contribution in [3.05, 3.63) is 42.1 Å². The third kappa shape index (κ3) is 1.52. The largest absolute Gasteiger partial charge is 0.478 e. The second kappa shape index (κ2) is 3.59. The highest BCUT2D eigenvalue weighted by Gasteiger charge is 2.11. The highest BCUT2D eigenvalue weighted by Crippen LogP contribution is 2.25. The van der Waals surface area contributed by atoms with Gasteiger partial charge in [-0.3, -0.25) is 0 Å². The Balaban J connectivity index is 2.58. The van der Waals surface area contributed by atoms with E-state index in [4.69, 9.17) is 5.11 Å². The molecule has 2 radical (unpaired) electrons. The molecule has 1 N–H and O–H groups in total. The van der Waals surface area contributed by atoms with E-state index in [1.165, 1.54) is 11.5 Å². The fraction of sp³-hybridized carbons (Fsp3) is 0. The minimum Gasteiger partial charge on any atom is -0.478 e. The second-order valence-corrected chi connectivity index (χ2v) is 3.37. The van der Waals surface area contributed by atoms with Crippen molar-refractivity contribution in [1.82, 2.24) is 4.37 Å². The first-order valence-corrected chi connectivity index (χ1v) is 4.64. The normalized spacial score (nSPS) is 10.0. The van der Waals surface area contributed by atoms with Crippen LogP contribution in [0.15, 0.2) is 24.3 Å². The predicted molar refractivity (Wildman–Crippen MR) is 52.2 cm³/mol. The topological polar surface area (TPSA) is 50.2 Å². The van der Waals surface area contributed by atoms with Gasteiger partial charge in [0.1, 0.15) is 6.20 Å². The minimum absolute atomic E-state index is 0.265. The first kappa shape index (κ1) is 8.90. The fourth-order valence-electron chi connectivity index (χ4n) is 1.15. The van der Waals surface area contributed by atoms with E-state index in [1.807, 2.05) is 0 Å². The lowest BCUT2D eigenvalue weighted by Crippen LogP contribution is -1.97. The maximum Gasteiger partial charge on any atom is 0.336 e. The van der Waals surface area contributed by atoms with Crippen LogP contribution in [0, 0.1) is 12.3 Å². The van der Waals surface area contributed by atoms with Crippen LogP contribution in [-0.2, 0) is 0 Å². The molecule has 0 aliphatic heterocycles. The number of carboxylic acids is 1. The number of hydrogen-bond donors (Lipinski definition) is 1. The third-order valence-corrected chi connectivity index (χ3v) is 2.44. The summed E-state index contributed by atoms with van der Waals surface area (Å²) >= 11 is 1.18. The predicted octanol–water partition coefficient (Wildman–Crippen LogP) is 2.11. The van der Waals surface area contributed by atoms with Crippen molar-refractivity contribution in [2.75, 3.05) is 0 Å². The molecule has 0 bridgehead atoms. The Labute approximate surface area is 84.8 Å². The van der Waals surface area contributed by atoms with Gasteiger partial charge in [0.15, 0.2) is 0 Å². The van der Waals surface area contributed by atoms with E-state index in [0.717, 1.165) is 0 Å². The standard InChI is InChI=1S/C10H5NO2S/c12-10(13)8-4-2-1-3-7(8)9-5-6-11-14-9/h1-4H,(H,12,13). The Bertz CT molecular complexity index is 451. The van der Waals surface area contributed by atoms with Crippen LogP contribution < -0.4 is 0 Å². The molecule has 3 nitrogen and oxygen atoms in total. The molecule has 0 unspecified atom stereocenters. The number of carboxylic acid groups (broad SMARTS) is 1. The van der Waals surface area contributed by atoms with Gasteiger partial charge in [-0.15, -0.1) is 0 Å². The molecule has 0 aliphatic carbocycles. The molecule has 1 aromatic carbocycles. The molecule has 1 aromatic heterocycles. The van der Waals surface area contributed by atoms with Gasteiger partial charge >= 0.3 is 5.97 Å². The highest BCUT2D eigenvalue weighted by atomic mass is 32.1.